The van der Waals surface area contributed by atoms with Gasteiger partial charge in [0.15, 0.2) is 0 Å². The Kier molecular flexibility index (Phi) is 4.94. The van der Waals surface area contributed by atoms with Crippen LogP contribution in [0.25, 0.3) is 11.1 Å². The Bertz CT molecular complexity index is 1110. The number of nitrogens with zero attached hydrogens (tertiary/aromatic N) is 1. The maximum atomic E-state index is 13.2. The first kappa shape index (κ1) is 19.4. The molecule has 0 saturated carbocycles. The molecule has 5 heteroatoms. The third kappa shape index (κ3) is 3.46. The summed E-state index contributed by atoms with van der Waals surface area (Å²) < 4.78 is 5.84. The summed E-state index contributed by atoms with van der Waals surface area (Å²) in [5, 5.41) is 9.36. The summed E-state index contributed by atoms with van der Waals surface area (Å²) in [6.45, 7) is 0.214. The molecule has 0 radical (unpaired) electrons. The average molecular weight is 413 g/mol. The minimum atomic E-state index is -0.916. The van der Waals surface area contributed by atoms with Crippen LogP contribution in [0.3, 0.4) is 0 Å². The summed E-state index contributed by atoms with van der Waals surface area (Å²) in [6, 6.07) is 23.6. The van der Waals surface area contributed by atoms with Crippen molar-refractivity contribution in [3.8, 4) is 11.1 Å². The number of carbonyl (C=O) groups excluding carboxylic acids is 1. The molecule has 156 valence electrons. The number of amides is 1. The van der Waals surface area contributed by atoms with E-state index in [1.807, 2.05) is 48.5 Å². The maximum absolute atomic E-state index is 13.2. The minimum Gasteiger partial charge on any atom is -0.481 e. The van der Waals surface area contributed by atoms with Crippen molar-refractivity contribution in [2.45, 2.75) is 31.2 Å². The third-order valence-electron chi connectivity index (χ3n) is 6.31. The van der Waals surface area contributed by atoms with Gasteiger partial charge in [0.2, 0.25) is 0 Å². The minimum absolute atomic E-state index is 0.0330. The van der Waals surface area contributed by atoms with E-state index in [4.69, 9.17) is 4.74 Å². The fourth-order valence-electron chi connectivity index (χ4n) is 4.91. The zero-order chi connectivity index (χ0) is 21.4. The third-order valence-corrected chi connectivity index (χ3v) is 6.31. The van der Waals surface area contributed by atoms with E-state index in [1.165, 1.54) is 11.1 Å². The number of anilines is 1. The quantitative estimate of drug-likeness (QED) is 0.636. The number of carboxylic acids is 1. The van der Waals surface area contributed by atoms with Crippen molar-refractivity contribution in [3.63, 3.8) is 0 Å². The first-order valence-electron chi connectivity index (χ1n) is 10.6. The van der Waals surface area contributed by atoms with Crippen LogP contribution in [0, 0.1) is 0 Å². The molecular formula is C26H23NO4. The Hall–Kier alpha value is -3.60. The van der Waals surface area contributed by atoms with Gasteiger partial charge in [-0.2, -0.15) is 0 Å². The molecule has 1 heterocycles. The predicted octanol–water partition coefficient (Wildman–Crippen LogP) is 5.23. The van der Waals surface area contributed by atoms with Crippen LogP contribution < -0.4 is 4.90 Å². The van der Waals surface area contributed by atoms with E-state index in [9.17, 15) is 14.7 Å². The summed E-state index contributed by atoms with van der Waals surface area (Å²) in [7, 11) is 0. The maximum Gasteiger partial charge on any atom is 0.414 e. The number of carbonyl (C=O) groups is 2. The predicted molar refractivity (Wildman–Crippen MR) is 118 cm³/mol. The zero-order valence-corrected chi connectivity index (χ0v) is 17.0. The average Bonchev–Trinajstić information content (AvgIpc) is 3.11. The molecule has 1 unspecified atom stereocenters. The Labute approximate surface area is 180 Å². The SMILES string of the molecule is O=C(O)CC1CCc2ccccc2N1C(=O)OCC1c2ccccc2-c2ccccc21. The molecular weight excluding hydrogens is 390 g/mol. The van der Waals surface area contributed by atoms with Crippen molar-refractivity contribution in [1.29, 1.82) is 0 Å². The van der Waals surface area contributed by atoms with Crippen molar-refractivity contribution in [2.75, 3.05) is 11.5 Å². The van der Waals surface area contributed by atoms with Crippen LogP contribution in [0.4, 0.5) is 10.5 Å². The molecule has 1 N–H and O–H groups in total. The number of para-hydroxylation sites is 1. The monoisotopic (exact) mass is 413 g/mol. The molecule has 0 saturated heterocycles. The van der Waals surface area contributed by atoms with Gasteiger partial charge >= 0.3 is 12.1 Å². The van der Waals surface area contributed by atoms with Crippen molar-refractivity contribution in [3.05, 3.63) is 89.5 Å². The standard InChI is InChI=1S/C26H23NO4/c28-25(29)15-18-14-13-17-7-1-6-12-24(17)27(18)26(30)31-16-23-21-10-4-2-8-19(21)20-9-3-5-11-22(20)23/h1-12,18,23H,13-16H2,(H,28,29). The fraction of sp³-hybridized carbons (Fsp3) is 0.231. The summed E-state index contributed by atoms with van der Waals surface area (Å²) >= 11 is 0. The van der Waals surface area contributed by atoms with Crippen molar-refractivity contribution >= 4 is 17.7 Å². The van der Waals surface area contributed by atoms with Gasteiger partial charge in [0.1, 0.15) is 6.61 Å². The molecule has 0 aromatic heterocycles. The number of aliphatic carboxylic acids is 1. The van der Waals surface area contributed by atoms with Crippen LogP contribution >= 0.6 is 0 Å². The first-order valence-corrected chi connectivity index (χ1v) is 10.6. The van der Waals surface area contributed by atoms with Gasteiger partial charge in [0.25, 0.3) is 0 Å². The lowest BCUT2D eigenvalue weighted by Crippen LogP contribution is -2.45. The van der Waals surface area contributed by atoms with Gasteiger partial charge in [-0.15, -0.1) is 0 Å². The largest absolute Gasteiger partial charge is 0.481 e. The van der Waals surface area contributed by atoms with Gasteiger partial charge in [-0.1, -0.05) is 66.7 Å². The molecule has 1 aliphatic carbocycles. The zero-order valence-electron chi connectivity index (χ0n) is 17.0. The van der Waals surface area contributed by atoms with E-state index in [0.717, 1.165) is 28.8 Å². The first-order chi connectivity index (χ1) is 15.1. The van der Waals surface area contributed by atoms with Gasteiger partial charge in [-0.05, 0) is 46.7 Å². The van der Waals surface area contributed by atoms with Gasteiger partial charge in [-0.25, -0.2) is 4.79 Å². The number of rotatable bonds is 4. The lowest BCUT2D eigenvalue weighted by molar-refractivity contribution is -0.137. The number of carboxylic acid groups (broad SMARTS) is 1. The van der Waals surface area contributed by atoms with Crippen LogP contribution in [-0.4, -0.2) is 29.8 Å². The molecule has 5 rings (SSSR count). The summed E-state index contributed by atoms with van der Waals surface area (Å²) in [5.74, 6) is -0.949. The van der Waals surface area contributed by atoms with Crippen molar-refractivity contribution in [1.82, 2.24) is 0 Å². The molecule has 3 aromatic rings. The smallest absolute Gasteiger partial charge is 0.414 e. The van der Waals surface area contributed by atoms with Gasteiger partial charge in [-0.3, -0.25) is 9.69 Å². The summed E-state index contributed by atoms with van der Waals surface area (Å²) in [4.78, 5) is 26.2. The molecule has 2 aliphatic rings. The van der Waals surface area contributed by atoms with Crippen LogP contribution in [0.5, 0.6) is 0 Å². The van der Waals surface area contributed by atoms with E-state index in [2.05, 4.69) is 24.3 Å². The highest BCUT2D eigenvalue weighted by molar-refractivity contribution is 5.91. The molecule has 31 heavy (non-hydrogen) atoms. The van der Waals surface area contributed by atoms with E-state index in [1.54, 1.807) is 4.90 Å². The summed E-state index contributed by atoms with van der Waals surface area (Å²) in [6.07, 6.45) is 0.771. The molecule has 1 amide bonds. The highest BCUT2D eigenvalue weighted by atomic mass is 16.6. The van der Waals surface area contributed by atoms with Crippen molar-refractivity contribution < 1.29 is 19.4 Å². The fourth-order valence-corrected chi connectivity index (χ4v) is 4.91. The second-order valence-corrected chi connectivity index (χ2v) is 8.09. The number of hydrogen-bond donors (Lipinski definition) is 1. The Morgan fingerprint density at radius 1 is 0.903 bits per heavy atom. The second kappa shape index (κ2) is 7.91. The van der Waals surface area contributed by atoms with E-state index in [0.29, 0.717) is 6.42 Å². The highest BCUT2D eigenvalue weighted by Crippen LogP contribution is 2.44. The molecule has 1 atom stereocenters. The molecule has 5 nitrogen and oxygen atoms in total. The lowest BCUT2D eigenvalue weighted by atomic mass is 9.94. The lowest BCUT2D eigenvalue weighted by Gasteiger charge is -2.36. The van der Waals surface area contributed by atoms with Crippen LogP contribution in [0.2, 0.25) is 0 Å². The summed E-state index contributed by atoms with van der Waals surface area (Å²) in [5.41, 5.74) is 6.43. The normalized spacial score (nSPS) is 16.9. The Balaban J connectivity index is 1.41. The van der Waals surface area contributed by atoms with E-state index < -0.39 is 18.1 Å². The number of fused-ring (bicyclic) bond motifs is 4. The van der Waals surface area contributed by atoms with Gasteiger partial charge < -0.3 is 9.84 Å². The Morgan fingerprint density at radius 3 is 2.19 bits per heavy atom. The number of aryl methyl sites for hydroxylation is 1. The van der Waals surface area contributed by atoms with E-state index >= 15 is 0 Å². The van der Waals surface area contributed by atoms with Crippen molar-refractivity contribution in [2.24, 2.45) is 0 Å². The number of ether oxygens (including phenoxy) is 1. The van der Waals surface area contributed by atoms with Crippen LogP contribution in [-0.2, 0) is 16.0 Å². The Morgan fingerprint density at radius 2 is 1.52 bits per heavy atom. The molecule has 1 aliphatic heterocycles. The highest BCUT2D eigenvalue weighted by Gasteiger charge is 2.35. The molecule has 0 spiro atoms. The number of hydrogen-bond acceptors (Lipinski definition) is 3. The van der Waals surface area contributed by atoms with Crippen LogP contribution in [0.15, 0.2) is 72.8 Å². The van der Waals surface area contributed by atoms with Gasteiger partial charge in [0, 0.05) is 5.92 Å². The molecule has 0 fully saturated rings. The second-order valence-electron chi connectivity index (χ2n) is 8.09. The number of benzene rings is 3. The molecule has 3 aromatic carbocycles. The van der Waals surface area contributed by atoms with Gasteiger partial charge in [0.05, 0.1) is 18.2 Å². The topological polar surface area (TPSA) is 66.8 Å². The molecule has 0 bridgehead atoms. The van der Waals surface area contributed by atoms with Crippen LogP contribution in [0.1, 0.15) is 35.4 Å². The van der Waals surface area contributed by atoms with E-state index in [-0.39, 0.29) is 18.9 Å².